The Morgan fingerprint density at radius 1 is 1.35 bits per heavy atom. The van der Waals surface area contributed by atoms with Crippen molar-refractivity contribution in [2.45, 2.75) is 33.2 Å². The second-order valence-electron chi connectivity index (χ2n) is 5.08. The van der Waals surface area contributed by atoms with Gasteiger partial charge in [-0.25, -0.2) is 0 Å². The third-order valence-corrected chi connectivity index (χ3v) is 3.65. The summed E-state index contributed by atoms with van der Waals surface area (Å²) in [7, 11) is 3.65. The first-order chi connectivity index (χ1) is 9.56. The molecule has 0 saturated heterocycles. The summed E-state index contributed by atoms with van der Waals surface area (Å²) in [6.07, 6.45) is 4.48. The molecule has 0 amide bonds. The third-order valence-electron chi connectivity index (χ3n) is 3.65. The van der Waals surface area contributed by atoms with E-state index in [0.29, 0.717) is 0 Å². The molecule has 0 aromatic carbocycles. The highest BCUT2D eigenvalue weighted by atomic mass is 16.5. The van der Waals surface area contributed by atoms with Crippen LogP contribution in [-0.2, 0) is 6.42 Å². The van der Waals surface area contributed by atoms with Crippen LogP contribution in [0.4, 0.5) is 0 Å². The van der Waals surface area contributed by atoms with Crippen molar-refractivity contribution in [1.29, 1.82) is 0 Å². The fourth-order valence-corrected chi connectivity index (χ4v) is 2.50. The summed E-state index contributed by atoms with van der Waals surface area (Å²) in [4.78, 5) is 4.56. The molecule has 4 heteroatoms. The number of aromatic nitrogens is 1. The van der Waals surface area contributed by atoms with Crippen molar-refractivity contribution in [2.24, 2.45) is 0 Å². The maximum absolute atomic E-state index is 5.46. The largest absolute Gasteiger partial charge is 0.496 e. The molecule has 0 bridgehead atoms. The van der Waals surface area contributed by atoms with E-state index in [-0.39, 0.29) is 6.04 Å². The van der Waals surface area contributed by atoms with Crippen molar-refractivity contribution in [3.63, 3.8) is 0 Å². The molecule has 1 unspecified atom stereocenters. The van der Waals surface area contributed by atoms with Crippen molar-refractivity contribution in [3.05, 3.63) is 46.7 Å². The Hall–Kier alpha value is -1.81. The summed E-state index contributed by atoms with van der Waals surface area (Å²) in [5.74, 6) is 1.85. The van der Waals surface area contributed by atoms with Crippen LogP contribution in [0.15, 0.2) is 22.9 Å². The van der Waals surface area contributed by atoms with Gasteiger partial charge in [-0.1, -0.05) is 0 Å². The first-order valence-corrected chi connectivity index (χ1v) is 6.78. The minimum absolute atomic E-state index is 0.186. The van der Waals surface area contributed by atoms with Gasteiger partial charge in [0.1, 0.15) is 11.5 Å². The first kappa shape index (κ1) is 14.6. The third kappa shape index (κ3) is 2.85. The van der Waals surface area contributed by atoms with E-state index in [9.17, 15) is 0 Å². The molecule has 2 rings (SSSR count). The van der Waals surface area contributed by atoms with Gasteiger partial charge in [0.15, 0.2) is 0 Å². The Balaban J connectivity index is 2.28. The minimum Gasteiger partial charge on any atom is -0.496 e. The van der Waals surface area contributed by atoms with E-state index in [0.717, 1.165) is 40.3 Å². The van der Waals surface area contributed by atoms with Gasteiger partial charge in [0.2, 0.25) is 0 Å². The van der Waals surface area contributed by atoms with Crippen LogP contribution in [0.1, 0.15) is 34.2 Å². The van der Waals surface area contributed by atoms with Gasteiger partial charge in [-0.15, -0.1) is 0 Å². The van der Waals surface area contributed by atoms with Crippen molar-refractivity contribution >= 4 is 0 Å². The summed E-state index contributed by atoms with van der Waals surface area (Å²) in [5.41, 5.74) is 4.36. The molecule has 1 N–H and O–H groups in total. The Bertz CT molecular complexity index is 590. The van der Waals surface area contributed by atoms with Gasteiger partial charge in [-0.2, -0.15) is 0 Å². The monoisotopic (exact) mass is 274 g/mol. The summed E-state index contributed by atoms with van der Waals surface area (Å²) in [6, 6.07) is 2.24. The van der Waals surface area contributed by atoms with E-state index in [2.05, 4.69) is 23.3 Å². The molecule has 4 nitrogen and oxygen atoms in total. The van der Waals surface area contributed by atoms with Gasteiger partial charge in [0, 0.05) is 41.0 Å². The maximum Gasteiger partial charge on any atom is 0.128 e. The molecular weight excluding hydrogens is 252 g/mol. The van der Waals surface area contributed by atoms with Crippen LogP contribution in [0.25, 0.3) is 0 Å². The van der Waals surface area contributed by atoms with Crippen molar-refractivity contribution in [2.75, 3.05) is 14.2 Å². The summed E-state index contributed by atoms with van der Waals surface area (Å²) in [6.45, 7) is 6.02. The highest BCUT2D eigenvalue weighted by Gasteiger charge is 2.17. The Kier molecular flexibility index (Phi) is 4.45. The fourth-order valence-electron chi connectivity index (χ4n) is 2.50. The molecule has 1 atom stereocenters. The average molecular weight is 274 g/mol. The van der Waals surface area contributed by atoms with Crippen LogP contribution in [0.3, 0.4) is 0 Å². The molecule has 0 fully saturated rings. The number of aryl methyl sites for hydroxylation is 2. The topological polar surface area (TPSA) is 47.3 Å². The van der Waals surface area contributed by atoms with Gasteiger partial charge in [-0.3, -0.25) is 4.98 Å². The van der Waals surface area contributed by atoms with E-state index >= 15 is 0 Å². The zero-order valence-corrected chi connectivity index (χ0v) is 12.8. The van der Waals surface area contributed by atoms with Crippen molar-refractivity contribution < 1.29 is 9.15 Å². The molecule has 2 aromatic heterocycles. The predicted octanol–water partition coefficient (Wildman–Crippen LogP) is 3.11. The number of ether oxygens (including phenoxy) is 1. The molecule has 2 aromatic rings. The van der Waals surface area contributed by atoms with Crippen LogP contribution in [0.5, 0.6) is 5.75 Å². The Morgan fingerprint density at radius 3 is 2.65 bits per heavy atom. The highest BCUT2D eigenvalue weighted by Crippen LogP contribution is 2.27. The van der Waals surface area contributed by atoms with Crippen LogP contribution < -0.4 is 10.1 Å². The lowest BCUT2D eigenvalue weighted by atomic mass is 10.0. The highest BCUT2D eigenvalue weighted by molar-refractivity contribution is 5.41. The van der Waals surface area contributed by atoms with Crippen LogP contribution >= 0.6 is 0 Å². The fraction of sp³-hybridized carbons (Fsp3) is 0.438. The standard InChI is InChI=1S/C16H22N2O2/c1-10-8-18-14(12(3)16(10)19-5)7-15(17-4)13-6-11(2)20-9-13/h6,8-9,15,17H,7H2,1-5H3. The molecule has 0 aliphatic heterocycles. The van der Waals surface area contributed by atoms with Gasteiger partial charge in [0.25, 0.3) is 0 Å². The minimum atomic E-state index is 0.186. The van der Waals surface area contributed by atoms with Gasteiger partial charge in [-0.05, 0) is 33.9 Å². The number of methoxy groups -OCH3 is 1. The summed E-state index contributed by atoms with van der Waals surface area (Å²) < 4.78 is 10.9. The molecule has 0 saturated carbocycles. The quantitative estimate of drug-likeness (QED) is 0.910. The lowest BCUT2D eigenvalue weighted by Gasteiger charge is -2.17. The second kappa shape index (κ2) is 6.09. The lowest BCUT2D eigenvalue weighted by molar-refractivity contribution is 0.406. The van der Waals surface area contributed by atoms with Gasteiger partial charge >= 0.3 is 0 Å². The van der Waals surface area contributed by atoms with Crippen LogP contribution in [0.2, 0.25) is 0 Å². The van der Waals surface area contributed by atoms with E-state index < -0.39 is 0 Å². The van der Waals surface area contributed by atoms with E-state index in [1.165, 1.54) is 0 Å². The predicted molar refractivity (Wildman–Crippen MR) is 79.2 cm³/mol. The SMILES string of the molecule is CNC(Cc1ncc(C)c(OC)c1C)c1coc(C)c1. The van der Waals surface area contributed by atoms with Gasteiger partial charge < -0.3 is 14.5 Å². The maximum atomic E-state index is 5.46. The molecular formula is C16H22N2O2. The first-order valence-electron chi connectivity index (χ1n) is 6.78. The zero-order valence-electron chi connectivity index (χ0n) is 12.8. The zero-order chi connectivity index (χ0) is 14.7. The average Bonchev–Trinajstić information content (AvgIpc) is 2.85. The number of rotatable bonds is 5. The Morgan fingerprint density at radius 2 is 2.10 bits per heavy atom. The Labute approximate surface area is 120 Å². The smallest absolute Gasteiger partial charge is 0.128 e. The number of pyridine rings is 1. The molecule has 0 aliphatic rings. The number of nitrogens with one attached hydrogen (secondary N) is 1. The summed E-state index contributed by atoms with van der Waals surface area (Å²) >= 11 is 0. The normalized spacial score (nSPS) is 12.4. The van der Waals surface area contributed by atoms with E-state index in [1.807, 2.05) is 27.1 Å². The van der Waals surface area contributed by atoms with Gasteiger partial charge in [0.05, 0.1) is 13.4 Å². The molecule has 0 spiro atoms. The number of likely N-dealkylation sites (N-methyl/N-ethyl adjacent to an activating group) is 1. The molecule has 0 radical (unpaired) electrons. The number of furan rings is 1. The van der Waals surface area contributed by atoms with Crippen LogP contribution in [-0.4, -0.2) is 19.1 Å². The van der Waals surface area contributed by atoms with E-state index in [1.54, 1.807) is 13.4 Å². The number of hydrogen-bond acceptors (Lipinski definition) is 4. The number of nitrogens with zero attached hydrogens (tertiary/aromatic N) is 1. The van der Waals surface area contributed by atoms with Crippen LogP contribution in [0, 0.1) is 20.8 Å². The number of hydrogen-bond donors (Lipinski definition) is 1. The molecule has 20 heavy (non-hydrogen) atoms. The second-order valence-corrected chi connectivity index (χ2v) is 5.08. The lowest BCUT2D eigenvalue weighted by Crippen LogP contribution is -2.19. The van der Waals surface area contributed by atoms with Crippen molar-refractivity contribution in [1.82, 2.24) is 10.3 Å². The summed E-state index contributed by atoms with van der Waals surface area (Å²) in [5, 5.41) is 3.32. The molecule has 0 aliphatic carbocycles. The van der Waals surface area contributed by atoms with Crippen molar-refractivity contribution in [3.8, 4) is 5.75 Å². The molecule has 108 valence electrons. The van der Waals surface area contributed by atoms with E-state index in [4.69, 9.17) is 9.15 Å². The molecule has 2 heterocycles.